The van der Waals surface area contributed by atoms with Gasteiger partial charge in [0.1, 0.15) is 0 Å². The molecule has 3 nitrogen and oxygen atoms in total. The number of hydrogen-bond donors (Lipinski definition) is 3. The molecular weight excluding hydrogens is 300 g/mol. The van der Waals surface area contributed by atoms with Crippen molar-refractivity contribution in [1.82, 2.24) is 0 Å². The molecule has 0 bridgehead atoms. The molecule has 3 fully saturated rings. The smallest absolute Gasteiger partial charge is 0.0958 e. The van der Waals surface area contributed by atoms with Crippen molar-refractivity contribution in [2.45, 2.75) is 83.5 Å². The molecule has 4 aliphatic rings. The fourth-order valence-electron chi connectivity index (χ4n) is 7.53. The number of allylic oxidation sites excluding steroid dienone is 1. The van der Waals surface area contributed by atoms with E-state index < -0.39 is 11.7 Å². The zero-order valence-corrected chi connectivity index (χ0v) is 15.4. The molecule has 3 unspecified atom stereocenters. The maximum Gasteiger partial charge on any atom is 0.0958 e. The summed E-state index contributed by atoms with van der Waals surface area (Å²) >= 11 is 0. The number of aliphatic hydroxyl groups is 3. The van der Waals surface area contributed by atoms with Crippen molar-refractivity contribution < 1.29 is 15.3 Å². The number of fused-ring (bicyclic) bond motifs is 5. The van der Waals surface area contributed by atoms with Gasteiger partial charge in [-0.1, -0.05) is 26.0 Å². The summed E-state index contributed by atoms with van der Waals surface area (Å²) in [7, 11) is 0. The fourth-order valence-corrected chi connectivity index (χ4v) is 7.53. The highest BCUT2D eigenvalue weighted by molar-refractivity contribution is 5.19. The van der Waals surface area contributed by atoms with Crippen LogP contribution in [0.2, 0.25) is 0 Å². The number of rotatable bonds is 1. The van der Waals surface area contributed by atoms with E-state index in [-0.39, 0.29) is 16.9 Å². The molecular formula is C21H34O3. The zero-order chi connectivity index (χ0) is 17.3. The van der Waals surface area contributed by atoms with Gasteiger partial charge in [0.25, 0.3) is 0 Å². The molecule has 0 aliphatic heterocycles. The highest BCUT2D eigenvalue weighted by Crippen LogP contribution is 2.67. The third-order valence-corrected chi connectivity index (χ3v) is 9.07. The average Bonchev–Trinajstić information content (AvgIpc) is 2.81. The Morgan fingerprint density at radius 2 is 1.75 bits per heavy atom. The van der Waals surface area contributed by atoms with E-state index in [0.29, 0.717) is 23.7 Å². The van der Waals surface area contributed by atoms with Crippen LogP contribution in [0.1, 0.15) is 65.7 Å². The van der Waals surface area contributed by atoms with Gasteiger partial charge in [0.05, 0.1) is 17.8 Å². The third kappa shape index (κ3) is 2.01. The quantitative estimate of drug-likeness (QED) is 0.645. The first-order valence-corrected chi connectivity index (χ1v) is 10.0. The van der Waals surface area contributed by atoms with E-state index in [2.05, 4.69) is 19.9 Å². The van der Waals surface area contributed by atoms with Crippen LogP contribution in [0.15, 0.2) is 12.2 Å². The topological polar surface area (TPSA) is 60.7 Å². The Bertz CT molecular complexity index is 543. The second kappa shape index (κ2) is 5.31. The summed E-state index contributed by atoms with van der Waals surface area (Å²) in [5.74, 6) is 2.43. The molecule has 0 saturated heterocycles. The van der Waals surface area contributed by atoms with Gasteiger partial charge in [0.2, 0.25) is 0 Å². The average molecular weight is 335 g/mol. The van der Waals surface area contributed by atoms with Gasteiger partial charge in [0.15, 0.2) is 0 Å². The lowest BCUT2D eigenvalue weighted by Crippen LogP contribution is -2.58. The van der Waals surface area contributed by atoms with Crippen LogP contribution >= 0.6 is 0 Å². The lowest BCUT2D eigenvalue weighted by atomic mass is 9.45. The van der Waals surface area contributed by atoms with E-state index in [1.165, 1.54) is 12.8 Å². The number of hydrogen-bond acceptors (Lipinski definition) is 3. The van der Waals surface area contributed by atoms with Crippen LogP contribution in [0, 0.1) is 34.5 Å². The van der Waals surface area contributed by atoms with Crippen LogP contribution in [-0.2, 0) is 0 Å². The highest BCUT2D eigenvalue weighted by atomic mass is 16.3. The molecule has 0 amide bonds. The maximum atomic E-state index is 11.2. The van der Waals surface area contributed by atoms with Crippen LogP contribution in [-0.4, -0.2) is 33.1 Å². The van der Waals surface area contributed by atoms with E-state index in [1.807, 2.05) is 6.08 Å². The van der Waals surface area contributed by atoms with Gasteiger partial charge in [-0.25, -0.2) is 0 Å². The molecule has 136 valence electrons. The van der Waals surface area contributed by atoms with E-state index in [9.17, 15) is 15.3 Å². The Kier molecular flexibility index (Phi) is 3.77. The fraction of sp³-hybridized carbons (Fsp3) is 0.905. The van der Waals surface area contributed by atoms with Crippen LogP contribution in [0.3, 0.4) is 0 Å². The van der Waals surface area contributed by atoms with Gasteiger partial charge in [0, 0.05) is 5.41 Å². The van der Waals surface area contributed by atoms with E-state index in [4.69, 9.17) is 0 Å². The largest absolute Gasteiger partial charge is 0.390 e. The molecule has 0 aromatic rings. The molecule has 4 aliphatic carbocycles. The molecule has 3 N–H and O–H groups in total. The molecule has 0 aromatic heterocycles. The molecule has 0 radical (unpaired) electrons. The Labute approximate surface area is 146 Å². The van der Waals surface area contributed by atoms with E-state index in [1.54, 1.807) is 6.92 Å². The minimum Gasteiger partial charge on any atom is -0.390 e. The second-order valence-corrected chi connectivity index (χ2v) is 9.77. The van der Waals surface area contributed by atoms with Crippen molar-refractivity contribution in [3.8, 4) is 0 Å². The minimum atomic E-state index is -0.918. The summed E-state index contributed by atoms with van der Waals surface area (Å²) in [6, 6.07) is 0. The monoisotopic (exact) mass is 334 g/mol. The third-order valence-electron chi connectivity index (χ3n) is 9.07. The first-order chi connectivity index (χ1) is 11.2. The summed E-state index contributed by atoms with van der Waals surface area (Å²) in [5.41, 5.74) is -0.864. The van der Waals surface area contributed by atoms with Crippen LogP contribution in [0.5, 0.6) is 0 Å². The minimum absolute atomic E-state index is 0.149. The molecule has 24 heavy (non-hydrogen) atoms. The molecule has 3 heteroatoms. The Morgan fingerprint density at radius 3 is 2.46 bits per heavy atom. The van der Waals surface area contributed by atoms with Crippen LogP contribution in [0.25, 0.3) is 0 Å². The van der Waals surface area contributed by atoms with Crippen LogP contribution in [0.4, 0.5) is 0 Å². The molecule has 9 atom stereocenters. The summed E-state index contributed by atoms with van der Waals surface area (Å²) in [6.07, 6.45) is 10.7. The van der Waals surface area contributed by atoms with Crippen LogP contribution < -0.4 is 0 Å². The first kappa shape index (κ1) is 17.1. The van der Waals surface area contributed by atoms with Gasteiger partial charge in [-0.15, -0.1) is 0 Å². The van der Waals surface area contributed by atoms with Gasteiger partial charge < -0.3 is 15.3 Å². The molecule has 0 aromatic carbocycles. The summed E-state index contributed by atoms with van der Waals surface area (Å²) < 4.78 is 0. The first-order valence-electron chi connectivity index (χ1n) is 10.0. The predicted molar refractivity (Wildman–Crippen MR) is 94.3 cm³/mol. The predicted octanol–water partition coefficient (Wildman–Crippen LogP) is 3.28. The van der Waals surface area contributed by atoms with Crippen molar-refractivity contribution in [2.75, 3.05) is 0 Å². The normalized spacial score (nSPS) is 57.8. The van der Waals surface area contributed by atoms with Gasteiger partial charge in [-0.05, 0) is 81.0 Å². The van der Waals surface area contributed by atoms with Gasteiger partial charge in [-0.2, -0.15) is 0 Å². The zero-order valence-electron chi connectivity index (χ0n) is 15.4. The Hall–Kier alpha value is -0.380. The van der Waals surface area contributed by atoms with Crippen molar-refractivity contribution in [1.29, 1.82) is 0 Å². The molecule has 0 heterocycles. The Balaban J connectivity index is 1.67. The lowest BCUT2D eigenvalue weighted by Gasteiger charge is -2.60. The van der Waals surface area contributed by atoms with Crippen molar-refractivity contribution in [2.24, 2.45) is 34.5 Å². The van der Waals surface area contributed by atoms with E-state index >= 15 is 0 Å². The number of aliphatic hydroxyl groups excluding tert-OH is 2. The summed E-state index contributed by atoms with van der Waals surface area (Å²) in [5, 5.41) is 31.6. The molecule has 4 rings (SSSR count). The highest BCUT2D eigenvalue weighted by Gasteiger charge is 2.65. The lowest BCUT2D eigenvalue weighted by molar-refractivity contribution is -0.177. The Morgan fingerprint density at radius 1 is 1.04 bits per heavy atom. The second-order valence-electron chi connectivity index (χ2n) is 9.77. The molecule has 0 spiro atoms. The van der Waals surface area contributed by atoms with E-state index in [0.717, 1.165) is 32.1 Å². The maximum absolute atomic E-state index is 11.2. The molecule has 3 saturated carbocycles. The standard InChI is InChI=1S/C21H34O3/c1-13(22)21(24)11-8-18-16-5-4-14-12-15(23)6-9-19(14,2)17(16)7-10-20(18,21)3/h6,9,13-18,22-24H,4-5,7-8,10-12H2,1-3H3/t13?,14?,15?,16-,17+,18+,19+,20+,21+/m1/s1. The summed E-state index contributed by atoms with van der Waals surface area (Å²) in [6.45, 7) is 6.42. The SMILES string of the molecule is CC(O)[C@@]1(O)CC[C@H]2[C@@H]3CCC4CC(O)C=C[C@]4(C)[C@H]3CC[C@@]21C. The van der Waals surface area contributed by atoms with Crippen molar-refractivity contribution in [3.05, 3.63) is 12.2 Å². The van der Waals surface area contributed by atoms with Gasteiger partial charge in [-0.3, -0.25) is 0 Å². The van der Waals surface area contributed by atoms with Crippen molar-refractivity contribution >= 4 is 0 Å². The summed E-state index contributed by atoms with van der Waals surface area (Å²) in [4.78, 5) is 0. The van der Waals surface area contributed by atoms with Crippen molar-refractivity contribution in [3.63, 3.8) is 0 Å². The van der Waals surface area contributed by atoms with Gasteiger partial charge >= 0.3 is 0 Å².